The Morgan fingerprint density at radius 3 is 0.658 bits per heavy atom. The van der Waals surface area contributed by atoms with Gasteiger partial charge in [-0.1, -0.05) is 333 Å². The van der Waals surface area contributed by atoms with E-state index in [4.69, 9.17) is 18.9 Å². The van der Waals surface area contributed by atoms with E-state index in [0.717, 1.165) is 173 Å². The van der Waals surface area contributed by atoms with Crippen LogP contribution in [-0.4, -0.2) is 69.2 Å². The molecule has 0 spiro atoms. The number of carbonyl (C=O) groups is 4. The van der Waals surface area contributed by atoms with E-state index in [1.807, 2.05) is 52.8 Å². The van der Waals surface area contributed by atoms with Gasteiger partial charge in [0, 0.05) is 19.4 Å². The zero-order valence-electron chi connectivity index (χ0n) is 71.1. The minimum Gasteiger partial charge on any atom is -0.466 e. The van der Waals surface area contributed by atoms with Crippen LogP contribution in [0, 0.1) is 11.8 Å². The molecule has 4 unspecified atom stereocenters. The number of esters is 4. The van der Waals surface area contributed by atoms with Gasteiger partial charge in [-0.15, -0.1) is 0 Å². The van der Waals surface area contributed by atoms with Crippen LogP contribution in [0.25, 0.3) is 0 Å². The van der Waals surface area contributed by atoms with Crippen LogP contribution in [0.3, 0.4) is 0 Å². The van der Waals surface area contributed by atoms with E-state index in [0.29, 0.717) is 32.8 Å². The number of alkyl halides is 1. The molecule has 0 bridgehead atoms. The Kier molecular flexibility index (Phi) is 95.7. The minimum absolute atomic E-state index is 0.00967. The van der Waals surface area contributed by atoms with Crippen molar-refractivity contribution in [3.63, 3.8) is 0 Å². The molecule has 0 aromatic rings. The van der Waals surface area contributed by atoms with Crippen molar-refractivity contribution in [2.75, 3.05) is 33.0 Å². The average molecular weight is 1530 g/mol. The van der Waals surface area contributed by atoms with E-state index in [2.05, 4.69) is 300 Å². The van der Waals surface area contributed by atoms with Crippen molar-refractivity contribution >= 4 is 23.9 Å². The van der Waals surface area contributed by atoms with E-state index in [1.54, 1.807) is 19.9 Å². The summed E-state index contributed by atoms with van der Waals surface area (Å²) in [7, 11) is 0. The quantitative estimate of drug-likeness (QED) is 0.0334. The number of rotatable bonds is 63. The minimum atomic E-state index is -1.56. The van der Waals surface area contributed by atoms with Gasteiger partial charge < -0.3 is 23.7 Å². The molecule has 0 amide bonds. The first kappa shape index (κ1) is 109. The predicted molar refractivity (Wildman–Crippen MR) is 481 cm³/mol. The maximum absolute atomic E-state index is 13.3. The Balaban J connectivity index is -0.000000688. The van der Waals surface area contributed by atoms with Crippen LogP contribution in [0.2, 0.25) is 0 Å². The van der Waals surface area contributed by atoms with E-state index >= 15 is 0 Å². The summed E-state index contributed by atoms with van der Waals surface area (Å²) in [5, 5.41) is 0. The van der Waals surface area contributed by atoms with Gasteiger partial charge in [-0.25, -0.2) is 14.0 Å². The van der Waals surface area contributed by atoms with Gasteiger partial charge in [0.05, 0.1) is 38.3 Å². The Hall–Kier alpha value is -8.47. The molecular formula is C101H153FO9. The normalized spacial score (nSPS) is 14.0. The Labute approximate surface area is 678 Å². The highest BCUT2D eigenvalue weighted by Gasteiger charge is 2.19. The van der Waals surface area contributed by atoms with Crippen molar-refractivity contribution in [2.45, 2.75) is 275 Å². The van der Waals surface area contributed by atoms with Crippen molar-refractivity contribution in [1.82, 2.24) is 0 Å². The van der Waals surface area contributed by atoms with E-state index < -0.39 is 18.2 Å². The summed E-state index contributed by atoms with van der Waals surface area (Å²) in [5.41, 5.74) is 0. The van der Waals surface area contributed by atoms with Crippen LogP contribution < -0.4 is 0 Å². The Morgan fingerprint density at radius 1 is 0.225 bits per heavy atom. The summed E-state index contributed by atoms with van der Waals surface area (Å²) in [5.74, 6) is -1.33. The second-order valence-electron chi connectivity index (χ2n) is 25.0. The smallest absolute Gasteiger partial charge is 0.341 e. The Morgan fingerprint density at radius 2 is 0.423 bits per heavy atom. The van der Waals surface area contributed by atoms with Gasteiger partial charge in [0.2, 0.25) is 6.17 Å². The Bertz CT molecular complexity index is 2810. The van der Waals surface area contributed by atoms with Crippen molar-refractivity contribution in [2.24, 2.45) is 11.8 Å². The standard InChI is InChI=1S/C26H40O3.C26H40O2.C25H38O2.C24H35FO2/c1-4-7-8-9-10-11-12-13-14-15-16-17-18-19-20-21-22-23-24-25(28-5-2)26(27)29-6-3;1-4-7-8-9-10-11-12-13-14-15-16-17-18-19-20-21-22-23-24-25(5-2)26(27)28-6-3;1-4-6-7-8-9-10-11-12-13-14-15-16-17-18-19-20-21-22-23-24(3)25(26)27-5-2;1-3-5-6-7-8-9-10-11-12-13-14-15-16-17-18-19-20-21-22-23(25)24(26)27-4-2/h7-8,10-11,13-14,16-17,19-20,22-23,25H,4-6,9,12,15,18,21,24H2,1-3H3;7-8,10-11,13-14,16-17,19-20,22-23,25H,4-6,9,12,15,18,21,24H2,1-3H3;6-7,9-10,12-13,15-16,18-19,21-22,24H,4-5,8,11,14,17,20,23H2,1-3H3;5-6,8-9,11-12,14-15,17-18,20-21,23H,3-4,7,10,13,16,19,22H2,1-2H3/b2*8-7-,11-10-,14-13-,17-16-,20-19-,23-22-;7-6-,10-9-,13-12-,16-15-,19-18-,22-21-;6-5-,9-8-,12-11-,15-14-,18-17-,21-20-. The molecule has 0 fully saturated rings. The molecule has 618 valence electrons. The summed E-state index contributed by atoms with van der Waals surface area (Å²) in [6.45, 7) is 23.6. The van der Waals surface area contributed by atoms with Gasteiger partial charge >= 0.3 is 23.9 Å². The number of ether oxygens (including phenoxy) is 5. The van der Waals surface area contributed by atoms with Gasteiger partial charge in [-0.2, -0.15) is 0 Å². The molecule has 0 aliphatic carbocycles. The monoisotopic (exact) mass is 1530 g/mol. The molecule has 4 atom stereocenters. The van der Waals surface area contributed by atoms with Crippen LogP contribution in [0.1, 0.15) is 262 Å². The number of carbonyl (C=O) groups excluding carboxylic acids is 4. The molecule has 0 heterocycles. The first-order chi connectivity index (χ1) is 54.5. The van der Waals surface area contributed by atoms with Crippen LogP contribution in [0.4, 0.5) is 4.39 Å². The fourth-order valence-electron chi connectivity index (χ4n) is 9.15. The molecule has 0 radical (unpaired) electrons. The molecular weight excluding hydrogens is 1380 g/mol. The van der Waals surface area contributed by atoms with Crippen LogP contribution in [-0.2, 0) is 42.9 Å². The fraction of sp³-hybridized carbons (Fsp3) is 0.485. The van der Waals surface area contributed by atoms with E-state index in [1.165, 1.54) is 0 Å². The first-order valence-corrected chi connectivity index (χ1v) is 42.0. The van der Waals surface area contributed by atoms with Crippen LogP contribution in [0.15, 0.2) is 292 Å². The predicted octanol–water partition coefficient (Wildman–Crippen LogP) is 29.0. The summed E-state index contributed by atoms with van der Waals surface area (Å²) in [4.78, 5) is 46.0. The fourth-order valence-corrected chi connectivity index (χ4v) is 9.15. The highest BCUT2D eigenvalue weighted by molar-refractivity contribution is 5.75. The lowest BCUT2D eigenvalue weighted by atomic mass is 10.0. The second-order valence-corrected chi connectivity index (χ2v) is 25.0. The summed E-state index contributed by atoms with van der Waals surface area (Å²) >= 11 is 0. The van der Waals surface area contributed by atoms with E-state index in [9.17, 15) is 23.6 Å². The van der Waals surface area contributed by atoms with Gasteiger partial charge in [0.15, 0.2) is 6.10 Å². The third-order valence-corrected chi connectivity index (χ3v) is 15.3. The number of hydrogen-bond donors (Lipinski definition) is 0. The zero-order valence-corrected chi connectivity index (χ0v) is 71.1. The van der Waals surface area contributed by atoms with Gasteiger partial charge in [0.1, 0.15) is 0 Å². The number of halogens is 1. The maximum Gasteiger partial charge on any atom is 0.341 e. The lowest BCUT2D eigenvalue weighted by Crippen LogP contribution is -2.26. The molecule has 0 rings (SSSR count). The molecule has 0 aromatic carbocycles. The van der Waals surface area contributed by atoms with Crippen LogP contribution in [0.5, 0.6) is 0 Å². The van der Waals surface area contributed by atoms with Crippen molar-refractivity contribution < 1.29 is 47.3 Å². The third kappa shape index (κ3) is 92.0. The molecule has 0 N–H and O–H groups in total. The zero-order chi connectivity index (χ0) is 82.1. The summed E-state index contributed by atoms with van der Waals surface area (Å²) < 4.78 is 38.4. The molecule has 9 nitrogen and oxygen atoms in total. The highest BCUT2D eigenvalue weighted by Crippen LogP contribution is 2.13. The highest BCUT2D eigenvalue weighted by atomic mass is 19.1. The lowest BCUT2D eigenvalue weighted by molar-refractivity contribution is -0.156. The van der Waals surface area contributed by atoms with Crippen LogP contribution >= 0.6 is 0 Å². The molecule has 0 aliphatic heterocycles. The summed E-state index contributed by atoms with van der Waals surface area (Å²) in [6.07, 6.45) is 128. The topological polar surface area (TPSA) is 114 Å². The molecule has 10 heteroatoms. The van der Waals surface area contributed by atoms with Gasteiger partial charge in [0.25, 0.3) is 0 Å². The average Bonchev–Trinajstić information content (AvgIpc) is 0.984. The van der Waals surface area contributed by atoms with Gasteiger partial charge in [-0.05, 0) is 208 Å². The van der Waals surface area contributed by atoms with E-state index in [-0.39, 0.29) is 42.8 Å². The SMILES string of the molecule is CC/C=C\C/C=C\C/C=C\C/C=C\C/C=C\C/C=C\CC(C)C(=O)OCC.CC/C=C\C/C=C\C/C=C\C/C=C\C/C=C\C/C=C\CC(CC)C(=O)OCC.CC/C=C\C/C=C\C/C=C\C/C=C\C/C=C\C/C=C\CC(F)C(=O)OCC.CC/C=C\C/C=C\C/C=C\C/C=C\C/C=C\C/C=C\CC(OCC)C(=O)OCC. The molecule has 0 aromatic heterocycles. The van der Waals surface area contributed by atoms with Crippen molar-refractivity contribution in [3.05, 3.63) is 292 Å². The number of allylic oxidation sites excluding steroid dienone is 47. The maximum atomic E-state index is 13.3. The third-order valence-electron chi connectivity index (χ3n) is 15.3. The second kappa shape index (κ2) is 97.6. The number of hydrogen-bond acceptors (Lipinski definition) is 9. The largest absolute Gasteiger partial charge is 0.466 e. The van der Waals surface area contributed by atoms with Gasteiger partial charge in [-0.3, -0.25) is 9.59 Å². The summed E-state index contributed by atoms with van der Waals surface area (Å²) in [6, 6.07) is 0. The lowest BCUT2D eigenvalue weighted by Gasteiger charge is -2.13. The molecule has 0 saturated carbocycles. The molecule has 0 saturated heterocycles. The van der Waals surface area contributed by atoms with Crippen molar-refractivity contribution in [1.29, 1.82) is 0 Å². The van der Waals surface area contributed by atoms with Crippen molar-refractivity contribution in [3.8, 4) is 0 Å². The molecule has 111 heavy (non-hydrogen) atoms. The molecule has 0 aliphatic rings. The first-order valence-electron chi connectivity index (χ1n) is 42.0.